The third-order valence-corrected chi connectivity index (χ3v) is 2.66. The molecular formula is C7H4N2O3S. The molecule has 2 aromatic rings. The minimum atomic E-state index is -0.488. The summed E-state index contributed by atoms with van der Waals surface area (Å²) in [5.41, 5.74) is -0.290. The lowest BCUT2D eigenvalue weighted by molar-refractivity contribution is -0.382. The van der Waals surface area contributed by atoms with Gasteiger partial charge in [0.05, 0.1) is 15.7 Å². The summed E-state index contributed by atoms with van der Waals surface area (Å²) in [7, 11) is 0. The van der Waals surface area contributed by atoms with Crippen molar-refractivity contribution in [1.29, 1.82) is 0 Å². The van der Waals surface area contributed by atoms with E-state index in [1.807, 2.05) is 0 Å². The molecule has 13 heavy (non-hydrogen) atoms. The average Bonchev–Trinajstić information content (AvgIpc) is 2.48. The molecule has 0 bridgehead atoms. The van der Waals surface area contributed by atoms with Gasteiger partial charge in [-0.05, 0) is 6.07 Å². The first-order valence-electron chi connectivity index (χ1n) is 3.43. The first kappa shape index (κ1) is 7.93. The summed E-state index contributed by atoms with van der Waals surface area (Å²) in [6, 6.07) is 1.53. The molecule has 0 aliphatic heterocycles. The summed E-state index contributed by atoms with van der Waals surface area (Å²) >= 11 is 1.08. The van der Waals surface area contributed by atoms with Gasteiger partial charge >= 0.3 is 0 Å². The van der Waals surface area contributed by atoms with Gasteiger partial charge in [0.1, 0.15) is 4.70 Å². The van der Waals surface area contributed by atoms with Gasteiger partial charge < -0.3 is 4.98 Å². The number of aromatic amines is 1. The fourth-order valence-corrected chi connectivity index (χ4v) is 2.01. The fourth-order valence-electron chi connectivity index (χ4n) is 1.10. The molecular weight excluding hydrogens is 192 g/mol. The van der Waals surface area contributed by atoms with Gasteiger partial charge in [-0.25, -0.2) is 0 Å². The van der Waals surface area contributed by atoms with Crippen LogP contribution in [0.2, 0.25) is 0 Å². The molecule has 66 valence electrons. The number of hydrogen-bond acceptors (Lipinski definition) is 4. The summed E-state index contributed by atoms with van der Waals surface area (Å²) in [4.78, 5) is 23.6. The maximum absolute atomic E-state index is 11.1. The number of rotatable bonds is 1. The van der Waals surface area contributed by atoms with E-state index >= 15 is 0 Å². The zero-order valence-electron chi connectivity index (χ0n) is 6.31. The molecule has 0 amide bonds. The van der Waals surface area contributed by atoms with E-state index in [0.717, 1.165) is 11.3 Å². The summed E-state index contributed by atoms with van der Waals surface area (Å²) in [5, 5.41) is 12.3. The van der Waals surface area contributed by atoms with Gasteiger partial charge in [0.25, 0.3) is 11.2 Å². The molecule has 0 aliphatic rings. The molecule has 0 saturated heterocycles. The van der Waals surface area contributed by atoms with E-state index in [1.54, 1.807) is 0 Å². The van der Waals surface area contributed by atoms with Crippen LogP contribution in [0.15, 0.2) is 22.4 Å². The van der Waals surface area contributed by atoms with Gasteiger partial charge in [-0.2, -0.15) is 0 Å². The van der Waals surface area contributed by atoms with Crippen LogP contribution in [0.3, 0.4) is 0 Å². The van der Waals surface area contributed by atoms with E-state index in [2.05, 4.69) is 4.98 Å². The fraction of sp³-hybridized carbons (Fsp3) is 0. The minimum Gasteiger partial charge on any atom is -0.328 e. The monoisotopic (exact) mass is 196 g/mol. The van der Waals surface area contributed by atoms with Crippen molar-refractivity contribution in [1.82, 2.24) is 4.98 Å². The first-order chi connectivity index (χ1) is 6.20. The largest absolute Gasteiger partial charge is 0.328 e. The number of hydrogen-bond donors (Lipinski definition) is 1. The number of fused-ring (bicyclic) bond motifs is 1. The highest BCUT2D eigenvalue weighted by Gasteiger charge is 2.14. The van der Waals surface area contributed by atoms with Crippen molar-refractivity contribution in [2.45, 2.75) is 0 Å². The van der Waals surface area contributed by atoms with Crippen LogP contribution in [-0.4, -0.2) is 9.91 Å². The third-order valence-electron chi connectivity index (χ3n) is 1.68. The van der Waals surface area contributed by atoms with E-state index in [4.69, 9.17) is 0 Å². The quantitative estimate of drug-likeness (QED) is 0.554. The zero-order chi connectivity index (χ0) is 9.42. The number of H-pyrrole nitrogens is 1. The molecule has 0 aliphatic carbocycles. The predicted octanol–water partition coefficient (Wildman–Crippen LogP) is 1.50. The molecule has 0 saturated carbocycles. The number of thiophene rings is 1. The van der Waals surface area contributed by atoms with Crippen LogP contribution < -0.4 is 5.56 Å². The van der Waals surface area contributed by atoms with Crippen molar-refractivity contribution >= 4 is 27.1 Å². The molecule has 0 atom stereocenters. The zero-order valence-corrected chi connectivity index (χ0v) is 7.13. The minimum absolute atomic E-state index is 0.00824. The number of aromatic nitrogens is 1. The number of pyridine rings is 1. The lowest BCUT2D eigenvalue weighted by atomic mass is 10.3. The van der Waals surface area contributed by atoms with Crippen LogP contribution in [0.25, 0.3) is 10.1 Å². The van der Waals surface area contributed by atoms with Crippen molar-refractivity contribution in [2.24, 2.45) is 0 Å². The number of nitrogens with one attached hydrogen (secondary N) is 1. The second-order valence-corrected chi connectivity index (χ2v) is 3.31. The maximum atomic E-state index is 11.1. The molecule has 1 N–H and O–H groups in total. The molecule has 2 aromatic heterocycles. The Morgan fingerprint density at radius 1 is 1.54 bits per heavy atom. The van der Waals surface area contributed by atoms with Crippen molar-refractivity contribution in [3.8, 4) is 0 Å². The van der Waals surface area contributed by atoms with Gasteiger partial charge in [0.15, 0.2) is 0 Å². The SMILES string of the molecule is O=c1[nH]ccc2c([N+](=O)[O-])csc12. The maximum Gasteiger partial charge on any atom is 0.288 e. The van der Waals surface area contributed by atoms with Gasteiger partial charge in [-0.15, -0.1) is 11.3 Å². The lowest BCUT2D eigenvalue weighted by Gasteiger charge is -1.87. The van der Waals surface area contributed by atoms with Gasteiger partial charge in [0, 0.05) is 6.20 Å². The predicted molar refractivity (Wildman–Crippen MR) is 49.1 cm³/mol. The summed E-state index contributed by atoms with van der Waals surface area (Å²) in [6.07, 6.45) is 1.41. The summed E-state index contributed by atoms with van der Waals surface area (Å²) in [5.74, 6) is 0. The molecule has 6 heteroatoms. The highest BCUT2D eigenvalue weighted by Crippen LogP contribution is 2.28. The van der Waals surface area contributed by atoms with Crippen molar-refractivity contribution in [3.63, 3.8) is 0 Å². The van der Waals surface area contributed by atoms with E-state index in [-0.39, 0.29) is 11.2 Å². The van der Waals surface area contributed by atoms with Crippen molar-refractivity contribution < 1.29 is 4.92 Å². The Bertz CT molecular complexity index is 528. The Hall–Kier alpha value is -1.69. The highest BCUT2D eigenvalue weighted by atomic mass is 32.1. The molecule has 0 fully saturated rings. The molecule has 2 rings (SSSR count). The number of nitro groups is 1. The van der Waals surface area contributed by atoms with E-state index in [9.17, 15) is 14.9 Å². The van der Waals surface area contributed by atoms with Gasteiger partial charge in [-0.3, -0.25) is 14.9 Å². The molecule has 2 heterocycles. The summed E-state index contributed by atoms with van der Waals surface area (Å²) in [6.45, 7) is 0. The van der Waals surface area contributed by atoms with E-state index in [1.165, 1.54) is 17.6 Å². The molecule has 5 nitrogen and oxygen atoms in total. The lowest BCUT2D eigenvalue weighted by Crippen LogP contribution is -2.01. The van der Waals surface area contributed by atoms with E-state index in [0.29, 0.717) is 10.1 Å². The van der Waals surface area contributed by atoms with Crippen molar-refractivity contribution in [2.75, 3.05) is 0 Å². The standard InChI is InChI=1S/C7H4N2O3S/c10-7-6-4(1-2-8-7)5(3-13-6)9(11)12/h1-3H,(H,8,10). The third kappa shape index (κ3) is 1.11. The molecule has 0 radical (unpaired) electrons. The van der Waals surface area contributed by atoms with Crippen LogP contribution in [0.5, 0.6) is 0 Å². The van der Waals surface area contributed by atoms with Gasteiger partial charge in [-0.1, -0.05) is 0 Å². The second kappa shape index (κ2) is 2.67. The van der Waals surface area contributed by atoms with Crippen LogP contribution in [0, 0.1) is 10.1 Å². The van der Waals surface area contributed by atoms with Crippen LogP contribution in [0.1, 0.15) is 0 Å². The Labute approximate surface area is 75.8 Å². The summed E-state index contributed by atoms with van der Waals surface area (Å²) < 4.78 is 0.397. The van der Waals surface area contributed by atoms with Crippen LogP contribution in [0.4, 0.5) is 5.69 Å². The normalized spacial score (nSPS) is 10.5. The first-order valence-corrected chi connectivity index (χ1v) is 4.31. The second-order valence-electron chi connectivity index (χ2n) is 2.43. The number of nitrogens with zero attached hydrogens (tertiary/aromatic N) is 1. The Kier molecular flexibility index (Phi) is 1.63. The van der Waals surface area contributed by atoms with Crippen molar-refractivity contribution in [3.05, 3.63) is 38.1 Å². The highest BCUT2D eigenvalue weighted by molar-refractivity contribution is 7.17. The van der Waals surface area contributed by atoms with E-state index < -0.39 is 4.92 Å². The molecule has 0 spiro atoms. The molecule has 0 aromatic carbocycles. The topological polar surface area (TPSA) is 76.0 Å². The van der Waals surface area contributed by atoms with Gasteiger partial charge in [0.2, 0.25) is 0 Å². The smallest absolute Gasteiger partial charge is 0.288 e. The molecule has 0 unspecified atom stereocenters. The Morgan fingerprint density at radius 2 is 2.31 bits per heavy atom. The van der Waals surface area contributed by atoms with Crippen LogP contribution >= 0.6 is 11.3 Å². The van der Waals surface area contributed by atoms with Crippen LogP contribution in [-0.2, 0) is 0 Å². The Balaban J connectivity index is 2.91. The Morgan fingerprint density at radius 3 is 3.00 bits per heavy atom. The average molecular weight is 196 g/mol.